The zero-order valence-corrected chi connectivity index (χ0v) is 11.5. The predicted molar refractivity (Wildman–Crippen MR) is 69.4 cm³/mol. The third kappa shape index (κ3) is 2.83. The molecule has 0 radical (unpaired) electrons. The lowest BCUT2D eigenvalue weighted by Gasteiger charge is -2.32. The van der Waals surface area contributed by atoms with E-state index in [1.165, 1.54) is 6.42 Å². The van der Waals surface area contributed by atoms with Gasteiger partial charge < -0.3 is 5.32 Å². The molecule has 1 unspecified atom stereocenters. The minimum Gasteiger partial charge on any atom is -0.315 e. The Hall–Kier alpha value is -0.130. The molecule has 17 heavy (non-hydrogen) atoms. The van der Waals surface area contributed by atoms with Crippen LogP contribution < -0.4 is 5.32 Å². The normalized spacial score (nSPS) is 27.8. The largest absolute Gasteiger partial charge is 0.315 e. The maximum Gasteiger partial charge on any atom is 0.217 e. The van der Waals surface area contributed by atoms with Gasteiger partial charge in [0.2, 0.25) is 10.0 Å². The average molecular weight is 260 g/mol. The van der Waals surface area contributed by atoms with E-state index in [0.29, 0.717) is 6.54 Å². The number of nitrogens with one attached hydrogen (secondary N) is 1. The fourth-order valence-corrected chi connectivity index (χ4v) is 5.35. The number of sulfonamides is 1. The first-order valence-corrected chi connectivity index (χ1v) is 8.38. The number of rotatable bonds is 4. The van der Waals surface area contributed by atoms with Crippen molar-refractivity contribution in [2.75, 3.05) is 19.6 Å². The molecule has 1 atom stereocenters. The fourth-order valence-electron chi connectivity index (χ4n) is 3.09. The molecule has 1 heterocycles. The van der Waals surface area contributed by atoms with Crippen molar-refractivity contribution in [3.8, 4) is 0 Å². The summed E-state index contributed by atoms with van der Waals surface area (Å²) in [6.45, 7) is 4.34. The Kier molecular flexibility index (Phi) is 4.44. The van der Waals surface area contributed by atoms with Crippen LogP contribution in [0.2, 0.25) is 0 Å². The lowest BCUT2D eigenvalue weighted by molar-refractivity contribution is 0.335. The van der Waals surface area contributed by atoms with Crippen molar-refractivity contribution < 1.29 is 8.42 Å². The lowest BCUT2D eigenvalue weighted by Crippen LogP contribution is -2.46. The van der Waals surface area contributed by atoms with E-state index in [4.69, 9.17) is 0 Å². The Morgan fingerprint density at radius 2 is 1.88 bits per heavy atom. The smallest absolute Gasteiger partial charge is 0.217 e. The molecule has 100 valence electrons. The van der Waals surface area contributed by atoms with Crippen LogP contribution in [0.1, 0.15) is 45.4 Å². The summed E-state index contributed by atoms with van der Waals surface area (Å²) in [6.07, 6.45) is 6.02. The van der Waals surface area contributed by atoms with Crippen molar-refractivity contribution in [2.24, 2.45) is 0 Å². The van der Waals surface area contributed by atoms with Crippen LogP contribution in [-0.4, -0.2) is 43.6 Å². The van der Waals surface area contributed by atoms with Gasteiger partial charge in [0.15, 0.2) is 0 Å². The molecular formula is C12H24N2O2S. The molecule has 0 aromatic heterocycles. The van der Waals surface area contributed by atoms with E-state index in [-0.39, 0.29) is 11.3 Å². The number of hydrogen-bond donors (Lipinski definition) is 1. The molecule has 1 N–H and O–H groups in total. The predicted octanol–water partition coefficient (Wildman–Crippen LogP) is 1.33. The molecular weight excluding hydrogens is 236 g/mol. The Morgan fingerprint density at radius 1 is 1.18 bits per heavy atom. The maximum atomic E-state index is 12.6. The van der Waals surface area contributed by atoms with Gasteiger partial charge in [-0.2, -0.15) is 4.31 Å². The van der Waals surface area contributed by atoms with Gasteiger partial charge in [-0.3, -0.25) is 0 Å². The molecule has 1 saturated carbocycles. The van der Waals surface area contributed by atoms with E-state index >= 15 is 0 Å². The summed E-state index contributed by atoms with van der Waals surface area (Å²) in [5.41, 5.74) is 0. The standard InChI is InChI=1S/C12H24N2O2S/c1-2-14(11-8-9-13-10-11)17(15,16)12-6-4-3-5-7-12/h11-13H,2-10H2,1H3. The molecule has 0 aromatic carbocycles. The molecule has 0 aromatic rings. The van der Waals surface area contributed by atoms with Crippen molar-refractivity contribution in [2.45, 2.75) is 56.7 Å². The summed E-state index contributed by atoms with van der Waals surface area (Å²) in [5, 5.41) is 3.14. The highest BCUT2D eigenvalue weighted by Crippen LogP contribution is 2.27. The van der Waals surface area contributed by atoms with Gasteiger partial charge in [-0.15, -0.1) is 0 Å². The third-order valence-corrected chi connectivity index (χ3v) is 6.58. The maximum absolute atomic E-state index is 12.6. The van der Waals surface area contributed by atoms with Gasteiger partial charge in [0.25, 0.3) is 0 Å². The second kappa shape index (κ2) is 5.67. The van der Waals surface area contributed by atoms with Crippen molar-refractivity contribution in [3.05, 3.63) is 0 Å². The minimum absolute atomic E-state index is 0.114. The Morgan fingerprint density at radius 3 is 2.41 bits per heavy atom. The van der Waals surface area contributed by atoms with Gasteiger partial charge in [-0.05, 0) is 25.8 Å². The summed E-state index contributed by atoms with van der Waals surface area (Å²) in [4.78, 5) is 0. The lowest BCUT2D eigenvalue weighted by atomic mass is 10.0. The molecule has 2 aliphatic rings. The molecule has 1 aliphatic carbocycles. The van der Waals surface area contributed by atoms with Crippen LogP contribution in [0.25, 0.3) is 0 Å². The average Bonchev–Trinajstić information content (AvgIpc) is 2.84. The molecule has 1 aliphatic heterocycles. The van der Waals surface area contributed by atoms with Gasteiger partial charge in [0.1, 0.15) is 0 Å². The molecule has 0 amide bonds. The highest BCUT2D eigenvalue weighted by Gasteiger charge is 2.36. The molecule has 1 saturated heterocycles. The molecule has 2 rings (SSSR count). The van der Waals surface area contributed by atoms with Crippen molar-refractivity contribution in [3.63, 3.8) is 0 Å². The number of hydrogen-bond acceptors (Lipinski definition) is 3. The monoisotopic (exact) mass is 260 g/mol. The summed E-state index contributed by atoms with van der Waals surface area (Å²) in [7, 11) is -3.06. The summed E-state index contributed by atoms with van der Waals surface area (Å²) in [5.74, 6) is 0. The number of nitrogens with zero attached hydrogens (tertiary/aromatic N) is 1. The van der Waals surface area contributed by atoms with Crippen LogP contribution in [0.15, 0.2) is 0 Å². The van der Waals surface area contributed by atoms with Crippen molar-refractivity contribution >= 4 is 10.0 Å². The molecule has 0 bridgehead atoms. The molecule has 2 fully saturated rings. The Labute approximate surface area is 105 Å². The third-order valence-electron chi connectivity index (χ3n) is 4.05. The van der Waals surface area contributed by atoms with Crippen LogP contribution >= 0.6 is 0 Å². The first kappa shape index (κ1) is 13.3. The SMILES string of the molecule is CCN(C1CCNC1)S(=O)(=O)C1CCCCC1. The first-order chi connectivity index (χ1) is 8.16. The second-order valence-corrected chi connectivity index (χ2v) is 7.32. The molecule has 4 nitrogen and oxygen atoms in total. The quantitative estimate of drug-likeness (QED) is 0.829. The summed E-state index contributed by atoms with van der Waals surface area (Å²) < 4.78 is 27.0. The van der Waals surface area contributed by atoms with Gasteiger partial charge in [0, 0.05) is 19.1 Å². The van der Waals surface area contributed by atoms with E-state index < -0.39 is 10.0 Å². The first-order valence-electron chi connectivity index (χ1n) is 6.87. The van der Waals surface area contributed by atoms with Crippen molar-refractivity contribution in [1.82, 2.24) is 9.62 Å². The highest BCUT2D eigenvalue weighted by molar-refractivity contribution is 7.89. The van der Waals surface area contributed by atoms with Gasteiger partial charge in [-0.25, -0.2) is 8.42 Å². The van der Waals surface area contributed by atoms with E-state index in [9.17, 15) is 8.42 Å². The van der Waals surface area contributed by atoms with Crippen molar-refractivity contribution in [1.29, 1.82) is 0 Å². The van der Waals surface area contributed by atoms with Crippen LogP contribution in [-0.2, 0) is 10.0 Å². The molecule has 5 heteroatoms. The highest BCUT2D eigenvalue weighted by atomic mass is 32.2. The molecule has 0 spiro atoms. The van der Waals surface area contributed by atoms with Gasteiger partial charge >= 0.3 is 0 Å². The van der Waals surface area contributed by atoms with Crippen LogP contribution in [0.4, 0.5) is 0 Å². The van der Waals surface area contributed by atoms with E-state index in [2.05, 4.69) is 5.32 Å². The topological polar surface area (TPSA) is 49.4 Å². The Bertz CT molecular complexity index is 330. The fraction of sp³-hybridized carbons (Fsp3) is 1.00. The Balaban J connectivity index is 2.10. The van der Waals surface area contributed by atoms with Gasteiger partial charge in [-0.1, -0.05) is 26.2 Å². The van der Waals surface area contributed by atoms with E-state index in [1.54, 1.807) is 4.31 Å². The van der Waals surface area contributed by atoms with Crippen LogP contribution in [0.3, 0.4) is 0 Å². The number of likely N-dealkylation sites (N-methyl/N-ethyl adjacent to an activating group) is 1. The zero-order valence-electron chi connectivity index (χ0n) is 10.7. The second-order valence-electron chi connectivity index (χ2n) is 5.15. The van der Waals surface area contributed by atoms with Gasteiger partial charge in [0.05, 0.1) is 5.25 Å². The van der Waals surface area contributed by atoms with E-state index in [0.717, 1.165) is 45.2 Å². The zero-order chi connectivity index (χ0) is 12.3. The summed E-state index contributed by atoms with van der Waals surface area (Å²) in [6, 6.07) is 0.187. The van der Waals surface area contributed by atoms with Crippen LogP contribution in [0, 0.1) is 0 Å². The van der Waals surface area contributed by atoms with Crippen LogP contribution in [0.5, 0.6) is 0 Å². The van der Waals surface area contributed by atoms with E-state index in [1.807, 2.05) is 6.92 Å². The minimum atomic E-state index is -3.06. The summed E-state index contributed by atoms with van der Waals surface area (Å²) >= 11 is 0.